The van der Waals surface area contributed by atoms with E-state index in [1.165, 1.54) is 0 Å². The van der Waals surface area contributed by atoms with Gasteiger partial charge in [-0.3, -0.25) is 4.79 Å². The zero-order valence-corrected chi connectivity index (χ0v) is 15.1. The van der Waals surface area contributed by atoms with Gasteiger partial charge in [0.05, 0.1) is 18.7 Å². The molecule has 0 aromatic heterocycles. The predicted octanol–water partition coefficient (Wildman–Crippen LogP) is 1.39. The average Bonchev–Trinajstić information content (AvgIpc) is 3.15. The summed E-state index contributed by atoms with van der Waals surface area (Å²) in [5, 5.41) is 12.0. The van der Waals surface area contributed by atoms with E-state index in [1.807, 2.05) is 30.3 Å². The number of unbranched alkanes of at least 4 members (excludes halogenated alkanes) is 1. The fourth-order valence-electron chi connectivity index (χ4n) is 3.11. The molecule has 1 aromatic carbocycles. The molecule has 1 heterocycles. The first-order valence-electron chi connectivity index (χ1n) is 9.23. The fourth-order valence-corrected chi connectivity index (χ4v) is 3.11. The third-order valence-electron chi connectivity index (χ3n) is 4.61. The minimum absolute atomic E-state index is 0.00648. The van der Waals surface area contributed by atoms with Gasteiger partial charge in [0.1, 0.15) is 6.61 Å². The monoisotopic (exact) mass is 363 g/mol. The van der Waals surface area contributed by atoms with Gasteiger partial charge >= 0.3 is 6.09 Å². The Morgan fingerprint density at radius 3 is 2.81 bits per heavy atom. The first-order valence-corrected chi connectivity index (χ1v) is 9.23. The van der Waals surface area contributed by atoms with Crippen molar-refractivity contribution in [1.82, 2.24) is 10.2 Å². The van der Waals surface area contributed by atoms with Crippen molar-refractivity contribution in [3.8, 4) is 0 Å². The molecule has 7 heteroatoms. The number of amides is 2. The van der Waals surface area contributed by atoms with E-state index in [-0.39, 0.29) is 25.2 Å². The molecule has 1 fully saturated rings. The molecule has 2 amide bonds. The molecule has 0 radical (unpaired) electrons. The summed E-state index contributed by atoms with van der Waals surface area (Å²) in [5.74, 6) is -0.0863. The molecule has 2 rings (SSSR count). The molecule has 144 valence electrons. The molecule has 7 nitrogen and oxygen atoms in total. The number of hydrogen-bond donors (Lipinski definition) is 3. The molecule has 0 spiro atoms. The van der Waals surface area contributed by atoms with E-state index < -0.39 is 12.1 Å². The first kappa shape index (κ1) is 20.2. The van der Waals surface area contributed by atoms with Crippen LogP contribution < -0.4 is 11.1 Å². The van der Waals surface area contributed by atoms with Crippen molar-refractivity contribution >= 4 is 12.0 Å². The Morgan fingerprint density at radius 1 is 1.31 bits per heavy atom. The van der Waals surface area contributed by atoms with Crippen LogP contribution in [-0.2, 0) is 16.1 Å². The maximum absolute atomic E-state index is 12.3. The number of nitrogens with one attached hydrogen (secondary N) is 1. The Kier molecular flexibility index (Phi) is 8.37. The first-order chi connectivity index (χ1) is 12.6. The molecule has 0 saturated carbocycles. The largest absolute Gasteiger partial charge is 0.445 e. The summed E-state index contributed by atoms with van der Waals surface area (Å²) in [4.78, 5) is 25.6. The number of rotatable bonds is 9. The number of aliphatic hydroxyl groups excluding tert-OH is 1. The summed E-state index contributed by atoms with van der Waals surface area (Å²) in [6.45, 7) is 1.39. The number of nitrogens with two attached hydrogens (primary N) is 1. The van der Waals surface area contributed by atoms with E-state index in [1.54, 1.807) is 4.90 Å². The van der Waals surface area contributed by atoms with E-state index in [0.717, 1.165) is 31.2 Å². The smallest absolute Gasteiger partial charge is 0.407 e. The number of benzene rings is 1. The number of likely N-dealkylation sites (tertiary alicyclic amines) is 1. The van der Waals surface area contributed by atoms with E-state index in [9.17, 15) is 14.7 Å². The summed E-state index contributed by atoms with van der Waals surface area (Å²) in [5.41, 5.74) is 6.92. The standard InChI is InChI=1S/C19H29N3O4/c20-17(18(24)22-12-6-9-16(22)13-23)10-4-5-11-21-19(25)26-14-15-7-2-1-3-8-15/h1-3,7-8,16-17,23H,4-6,9-14,20H2,(H,21,25)/t16-,17-/m0/s1. The lowest BCUT2D eigenvalue weighted by atomic mass is 10.1. The lowest BCUT2D eigenvalue weighted by molar-refractivity contribution is -0.134. The Bertz CT molecular complexity index is 567. The highest BCUT2D eigenvalue weighted by Gasteiger charge is 2.30. The maximum Gasteiger partial charge on any atom is 0.407 e. The highest BCUT2D eigenvalue weighted by molar-refractivity contribution is 5.82. The minimum atomic E-state index is -0.549. The molecular weight excluding hydrogens is 334 g/mol. The molecule has 0 aliphatic carbocycles. The van der Waals surface area contributed by atoms with Crippen LogP contribution in [0.5, 0.6) is 0 Å². The highest BCUT2D eigenvalue weighted by atomic mass is 16.5. The van der Waals surface area contributed by atoms with Gasteiger partial charge in [0.25, 0.3) is 0 Å². The summed E-state index contributed by atoms with van der Waals surface area (Å²) < 4.78 is 5.13. The number of ether oxygens (including phenoxy) is 1. The Morgan fingerprint density at radius 2 is 2.08 bits per heavy atom. The normalized spacial score (nSPS) is 17.8. The highest BCUT2D eigenvalue weighted by Crippen LogP contribution is 2.18. The van der Waals surface area contributed by atoms with Crippen LogP contribution in [-0.4, -0.2) is 53.8 Å². The molecule has 0 unspecified atom stereocenters. The number of aliphatic hydroxyl groups is 1. The number of carbonyl (C=O) groups excluding carboxylic acids is 2. The summed E-state index contributed by atoms with van der Waals surface area (Å²) in [7, 11) is 0. The second-order valence-electron chi connectivity index (χ2n) is 6.60. The van der Waals surface area contributed by atoms with Crippen LogP contribution >= 0.6 is 0 Å². The van der Waals surface area contributed by atoms with Crippen LogP contribution in [0.1, 0.15) is 37.7 Å². The van der Waals surface area contributed by atoms with E-state index in [4.69, 9.17) is 10.5 Å². The fraction of sp³-hybridized carbons (Fsp3) is 0.579. The quantitative estimate of drug-likeness (QED) is 0.575. The minimum Gasteiger partial charge on any atom is -0.445 e. The van der Waals surface area contributed by atoms with E-state index in [0.29, 0.717) is 19.5 Å². The summed E-state index contributed by atoms with van der Waals surface area (Å²) in [6.07, 6.45) is 3.34. The van der Waals surface area contributed by atoms with Crippen molar-refractivity contribution in [2.45, 2.75) is 50.8 Å². The van der Waals surface area contributed by atoms with Gasteiger partial charge in [0, 0.05) is 13.1 Å². The van der Waals surface area contributed by atoms with Crippen molar-refractivity contribution in [3.63, 3.8) is 0 Å². The Hall–Kier alpha value is -2.12. The zero-order valence-electron chi connectivity index (χ0n) is 15.1. The zero-order chi connectivity index (χ0) is 18.8. The average molecular weight is 363 g/mol. The molecular formula is C19H29N3O4. The van der Waals surface area contributed by atoms with Crippen LogP contribution in [0.4, 0.5) is 4.79 Å². The van der Waals surface area contributed by atoms with Gasteiger partial charge < -0.3 is 25.8 Å². The molecule has 1 aromatic rings. The number of alkyl carbamates (subject to hydrolysis) is 1. The number of hydrogen-bond acceptors (Lipinski definition) is 5. The van der Waals surface area contributed by atoms with Crippen LogP contribution in [0.2, 0.25) is 0 Å². The summed E-state index contributed by atoms with van der Waals surface area (Å²) in [6, 6.07) is 8.85. The third-order valence-corrected chi connectivity index (χ3v) is 4.61. The van der Waals surface area contributed by atoms with Crippen molar-refractivity contribution in [1.29, 1.82) is 0 Å². The van der Waals surface area contributed by atoms with Crippen molar-refractivity contribution in [2.24, 2.45) is 5.73 Å². The van der Waals surface area contributed by atoms with Crippen LogP contribution in [0, 0.1) is 0 Å². The maximum atomic E-state index is 12.3. The predicted molar refractivity (Wildman–Crippen MR) is 98.3 cm³/mol. The van der Waals surface area contributed by atoms with Gasteiger partial charge in [-0.1, -0.05) is 30.3 Å². The van der Waals surface area contributed by atoms with Gasteiger partial charge in [-0.15, -0.1) is 0 Å². The molecule has 1 aliphatic rings. The topological polar surface area (TPSA) is 105 Å². The van der Waals surface area contributed by atoms with E-state index >= 15 is 0 Å². The van der Waals surface area contributed by atoms with E-state index in [2.05, 4.69) is 5.32 Å². The van der Waals surface area contributed by atoms with Crippen LogP contribution in [0.15, 0.2) is 30.3 Å². The van der Waals surface area contributed by atoms with Crippen LogP contribution in [0.25, 0.3) is 0 Å². The number of nitrogens with zero attached hydrogens (tertiary/aromatic N) is 1. The SMILES string of the molecule is N[C@@H](CCCCNC(=O)OCc1ccccc1)C(=O)N1CCC[C@H]1CO. The van der Waals surface area contributed by atoms with Gasteiger partial charge in [0.15, 0.2) is 0 Å². The van der Waals surface area contributed by atoms with Gasteiger partial charge in [-0.05, 0) is 37.7 Å². The lowest BCUT2D eigenvalue weighted by Crippen LogP contribution is -2.47. The summed E-state index contributed by atoms with van der Waals surface area (Å²) >= 11 is 0. The molecule has 0 bridgehead atoms. The van der Waals surface area contributed by atoms with Crippen molar-refractivity contribution < 1.29 is 19.4 Å². The lowest BCUT2D eigenvalue weighted by Gasteiger charge is -2.26. The second kappa shape index (κ2) is 10.8. The Labute approximate surface area is 154 Å². The Balaban J connectivity index is 1.55. The van der Waals surface area contributed by atoms with Gasteiger partial charge in [-0.2, -0.15) is 0 Å². The third kappa shape index (κ3) is 6.31. The second-order valence-corrected chi connectivity index (χ2v) is 6.60. The van der Waals surface area contributed by atoms with Crippen molar-refractivity contribution in [3.05, 3.63) is 35.9 Å². The van der Waals surface area contributed by atoms with Crippen LogP contribution in [0.3, 0.4) is 0 Å². The molecule has 2 atom stereocenters. The van der Waals surface area contributed by atoms with Crippen molar-refractivity contribution in [2.75, 3.05) is 19.7 Å². The van der Waals surface area contributed by atoms with Gasteiger partial charge in [0.2, 0.25) is 5.91 Å². The molecule has 1 aliphatic heterocycles. The van der Waals surface area contributed by atoms with Gasteiger partial charge in [-0.25, -0.2) is 4.79 Å². The molecule has 26 heavy (non-hydrogen) atoms. The number of carbonyl (C=O) groups is 2. The molecule has 1 saturated heterocycles. The molecule has 4 N–H and O–H groups in total.